The second-order valence-corrected chi connectivity index (χ2v) is 8.99. The van der Waals surface area contributed by atoms with E-state index >= 15 is 0 Å². The first-order valence-corrected chi connectivity index (χ1v) is 11.2. The molecule has 0 saturated heterocycles. The molecule has 0 saturated carbocycles. The zero-order valence-corrected chi connectivity index (χ0v) is 19.0. The number of carbonyl (C=O) groups excluding carboxylic acids is 2. The third kappa shape index (κ3) is 5.75. The van der Waals surface area contributed by atoms with Gasteiger partial charge in [0.15, 0.2) is 0 Å². The highest BCUT2D eigenvalue weighted by atomic mass is 32.2. The van der Waals surface area contributed by atoms with Crippen molar-refractivity contribution in [2.45, 2.75) is 31.8 Å². The summed E-state index contributed by atoms with van der Waals surface area (Å²) in [7, 11) is -1.01. The van der Waals surface area contributed by atoms with Crippen molar-refractivity contribution >= 4 is 27.6 Å². The topological polar surface area (TPSA) is 99.2 Å². The Morgan fingerprint density at radius 3 is 2.26 bits per heavy atom. The molecule has 0 aliphatic carbocycles. The van der Waals surface area contributed by atoms with E-state index in [0.717, 1.165) is 4.31 Å². The van der Waals surface area contributed by atoms with Crippen molar-refractivity contribution in [1.82, 2.24) is 0 Å². The van der Waals surface area contributed by atoms with Crippen LogP contribution < -0.4 is 9.04 Å². The lowest BCUT2D eigenvalue weighted by Gasteiger charge is -2.21. The van der Waals surface area contributed by atoms with Gasteiger partial charge in [-0.15, -0.1) is 0 Å². The summed E-state index contributed by atoms with van der Waals surface area (Å²) in [6.45, 7) is 5.26. The van der Waals surface area contributed by atoms with Gasteiger partial charge in [0.2, 0.25) is 6.10 Å². The van der Waals surface area contributed by atoms with Crippen LogP contribution in [0.1, 0.15) is 31.1 Å². The minimum Gasteiger partial charge on any atom is -0.497 e. The van der Waals surface area contributed by atoms with Gasteiger partial charge in [0.05, 0.1) is 29.9 Å². The van der Waals surface area contributed by atoms with Crippen molar-refractivity contribution in [2.24, 2.45) is 5.92 Å². The minimum absolute atomic E-state index is 0.0131. The molecule has 8 nitrogen and oxygen atoms in total. The smallest absolute Gasteiger partial charge is 0.347 e. The minimum atomic E-state index is -3.94. The number of hydrogen-bond acceptors (Lipinski definition) is 7. The second kappa shape index (κ2) is 10.3. The van der Waals surface area contributed by atoms with Crippen LogP contribution in [-0.2, 0) is 24.3 Å². The molecular formula is C22H27NO7S. The number of hydrogen-bond donors (Lipinski definition) is 0. The highest BCUT2D eigenvalue weighted by Gasteiger charge is 2.29. The summed E-state index contributed by atoms with van der Waals surface area (Å²) in [6.07, 6.45) is -1.09. The maximum Gasteiger partial charge on any atom is 0.347 e. The summed E-state index contributed by atoms with van der Waals surface area (Å²) in [6, 6.07) is 12.0. The molecule has 2 aromatic carbocycles. The van der Waals surface area contributed by atoms with E-state index in [4.69, 9.17) is 14.2 Å². The van der Waals surface area contributed by atoms with Gasteiger partial charge in [-0.05, 0) is 49.4 Å². The highest BCUT2D eigenvalue weighted by Crippen LogP contribution is 2.25. The van der Waals surface area contributed by atoms with Gasteiger partial charge in [0, 0.05) is 13.0 Å². The number of carbonyl (C=O) groups is 2. The fourth-order valence-electron chi connectivity index (χ4n) is 2.74. The van der Waals surface area contributed by atoms with Crippen molar-refractivity contribution in [3.63, 3.8) is 0 Å². The predicted molar refractivity (Wildman–Crippen MR) is 116 cm³/mol. The van der Waals surface area contributed by atoms with E-state index in [9.17, 15) is 18.0 Å². The summed E-state index contributed by atoms with van der Waals surface area (Å²) < 4.78 is 42.6. The van der Waals surface area contributed by atoms with Crippen LogP contribution in [-0.4, -0.2) is 47.2 Å². The predicted octanol–water partition coefficient (Wildman–Crippen LogP) is 3.26. The van der Waals surface area contributed by atoms with E-state index in [2.05, 4.69) is 0 Å². The number of benzene rings is 2. The van der Waals surface area contributed by atoms with Crippen molar-refractivity contribution in [1.29, 1.82) is 0 Å². The van der Waals surface area contributed by atoms with Gasteiger partial charge in [-0.1, -0.05) is 19.9 Å². The summed E-state index contributed by atoms with van der Waals surface area (Å²) in [5.41, 5.74) is 0.440. The van der Waals surface area contributed by atoms with Crippen LogP contribution in [0.15, 0.2) is 53.4 Å². The molecule has 2 rings (SSSR count). The van der Waals surface area contributed by atoms with Crippen LogP contribution in [0.3, 0.4) is 0 Å². The fourth-order valence-corrected chi connectivity index (χ4v) is 3.98. The molecular weight excluding hydrogens is 422 g/mol. The van der Waals surface area contributed by atoms with Crippen molar-refractivity contribution in [3.05, 3.63) is 54.1 Å². The Bertz CT molecular complexity index is 1020. The Morgan fingerprint density at radius 2 is 1.71 bits per heavy atom. The van der Waals surface area contributed by atoms with Crippen molar-refractivity contribution in [3.8, 4) is 5.75 Å². The largest absolute Gasteiger partial charge is 0.497 e. The summed E-state index contributed by atoms with van der Waals surface area (Å²) >= 11 is 0. The lowest BCUT2D eigenvalue weighted by atomic mass is 10.1. The Morgan fingerprint density at radius 1 is 1.06 bits per heavy atom. The molecule has 9 heteroatoms. The monoisotopic (exact) mass is 449 g/mol. The molecule has 0 amide bonds. The molecule has 168 valence electrons. The van der Waals surface area contributed by atoms with Crippen LogP contribution in [0.5, 0.6) is 5.75 Å². The number of ether oxygens (including phenoxy) is 3. The number of sulfonamides is 1. The fraction of sp³-hybridized carbons (Fsp3) is 0.364. The van der Waals surface area contributed by atoms with E-state index in [-0.39, 0.29) is 23.0 Å². The molecule has 0 radical (unpaired) electrons. The van der Waals surface area contributed by atoms with Crippen LogP contribution in [0.2, 0.25) is 0 Å². The number of esters is 2. The van der Waals surface area contributed by atoms with E-state index in [0.29, 0.717) is 11.4 Å². The van der Waals surface area contributed by atoms with Gasteiger partial charge in [0.1, 0.15) is 5.75 Å². The Hall–Kier alpha value is -3.07. The molecule has 0 spiro atoms. The van der Waals surface area contributed by atoms with Gasteiger partial charge >= 0.3 is 11.9 Å². The molecule has 0 aliphatic rings. The highest BCUT2D eigenvalue weighted by molar-refractivity contribution is 7.92. The summed E-state index contributed by atoms with van der Waals surface area (Å²) in [5, 5.41) is 0. The average Bonchev–Trinajstić information content (AvgIpc) is 2.76. The molecule has 0 unspecified atom stereocenters. The second-order valence-electron chi connectivity index (χ2n) is 7.02. The van der Waals surface area contributed by atoms with Crippen molar-refractivity contribution in [2.75, 3.05) is 25.1 Å². The molecule has 0 N–H and O–H groups in total. The van der Waals surface area contributed by atoms with E-state index in [1.807, 2.05) is 0 Å². The normalized spacial score (nSPS) is 12.2. The van der Waals surface area contributed by atoms with Crippen LogP contribution >= 0.6 is 0 Å². The Balaban J connectivity index is 2.28. The zero-order valence-electron chi connectivity index (χ0n) is 18.2. The van der Waals surface area contributed by atoms with E-state index in [1.54, 1.807) is 45.0 Å². The first-order valence-electron chi connectivity index (χ1n) is 9.72. The lowest BCUT2D eigenvalue weighted by Crippen LogP contribution is -2.34. The van der Waals surface area contributed by atoms with Crippen molar-refractivity contribution < 1.29 is 32.2 Å². The molecule has 1 atom stereocenters. The first-order chi connectivity index (χ1) is 14.6. The maximum atomic E-state index is 13.1. The summed E-state index contributed by atoms with van der Waals surface area (Å²) in [5.74, 6) is -1.17. The summed E-state index contributed by atoms with van der Waals surface area (Å²) in [4.78, 5) is 24.6. The molecule has 31 heavy (non-hydrogen) atoms. The molecule has 2 aromatic rings. The third-order valence-corrected chi connectivity index (χ3v) is 6.30. The van der Waals surface area contributed by atoms with Gasteiger partial charge in [-0.25, -0.2) is 18.0 Å². The number of nitrogens with zero attached hydrogens (tertiary/aromatic N) is 1. The van der Waals surface area contributed by atoms with Gasteiger partial charge in [0.25, 0.3) is 10.0 Å². The molecule has 0 aromatic heterocycles. The van der Waals surface area contributed by atoms with Crippen LogP contribution in [0, 0.1) is 5.92 Å². The number of rotatable bonds is 9. The third-order valence-electron chi connectivity index (χ3n) is 4.52. The SMILES string of the molecule is CCOC(=O)[C@H](OC(=O)c1cccc(S(=O)(=O)N(C)c2ccc(OC)cc2)c1)C(C)C. The number of methoxy groups -OCH3 is 1. The number of anilines is 1. The quantitative estimate of drug-likeness (QED) is 0.542. The standard InChI is InChI=1S/C22H27NO7S/c1-6-29-22(25)20(15(2)3)30-21(24)16-8-7-9-19(14-16)31(26,27)23(4)17-10-12-18(28-5)13-11-17/h7-15,20H,6H2,1-5H3/t20-/m1/s1. The van der Waals surface area contributed by atoms with E-state index in [1.165, 1.54) is 38.4 Å². The van der Waals surface area contributed by atoms with Gasteiger partial charge < -0.3 is 14.2 Å². The average molecular weight is 450 g/mol. The molecule has 0 aliphatic heterocycles. The zero-order chi connectivity index (χ0) is 23.2. The lowest BCUT2D eigenvalue weighted by molar-refractivity contribution is -0.155. The van der Waals surface area contributed by atoms with Gasteiger partial charge in [-0.3, -0.25) is 4.31 Å². The van der Waals surface area contributed by atoms with E-state index < -0.39 is 28.1 Å². The first kappa shape index (κ1) is 24.2. The van der Waals surface area contributed by atoms with Crippen LogP contribution in [0.4, 0.5) is 5.69 Å². The molecule has 0 heterocycles. The Kier molecular flexibility index (Phi) is 8.04. The maximum absolute atomic E-state index is 13.1. The Labute approximate surface area is 182 Å². The molecule has 0 bridgehead atoms. The van der Waals surface area contributed by atoms with Gasteiger partial charge in [-0.2, -0.15) is 0 Å². The van der Waals surface area contributed by atoms with Crippen LogP contribution in [0.25, 0.3) is 0 Å². The molecule has 0 fully saturated rings.